The summed E-state index contributed by atoms with van der Waals surface area (Å²) in [5.74, 6) is 0.919. The third-order valence-corrected chi connectivity index (χ3v) is 5.34. The van der Waals surface area contributed by atoms with E-state index in [1.165, 1.54) is 12.8 Å². The maximum absolute atomic E-state index is 13.2. The molecule has 5 nitrogen and oxygen atoms in total. The molecule has 4 rings (SSSR count). The molecule has 2 aliphatic rings. The summed E-state index contributed by atoms with van der Waals surface area (Å²) in [6.45, 7) is 1.62. The smallest absolute Gasteiger partial charge is 0.256 e. The number of nitrogens with zero attached hydrogens (tertiary/aromatic N) is 1. The summed E-state index contributed by atoms with van der Waals surface area (Å²) in [5.41, 5.74) is 2.49. The summed E-state index contributed by atoms with van der Waals surface area (Å²) >= 11 is 0. The quantitative estimate of drug-likeness (QED) is 0.837. The Morgan fingerprint density at radius 1 is 1.07 bits per heavy atom. The SMILES string of the molecule is COc1ccc(Nc2ccccc2C(=O)N2CCC3CCC(C2)N3)cc1.Cl. The molecule has 144 valence electrons. The van der Waals surface area contributed by atoms with Crippen LogP contribution in [0.15, 0.2) is 48.5 Å². The van der Waals surface area contributed by atoms with E-state index in [-0.39, 0.29) is 18.3 Å². The zero-order valence-corrected chi connectivity index (χ0v) is 16.3. The fourth-order valence-electron chi connectivity index (χ4n) is 3.91. The molecule has 1 amide bonds. The van der Waals surface area contributed by atoms with Gasteiger partial charge in [-0.25, -0.2) is 0 Å². The maximum Gasteiger partial charge on any atom is 0.256 e. The van der Waals surface area contributed by atoms with Gasteiger partial charge in [0.1, 0.15) is 5.75 Å². The highest BCUT2D eigenvalue weighted by Gasteiger charge is 2.31. The van der Waals surface area contributed by atoms with Crippen LogP contribution >= 0.6 is 12.4 Å². The Labute approximate surface area is 166 Å². The number of methoxy groups -OCH3 is 1. The molecular formula is C21H26ClN3O2. The van der Waals surface area contributed by atoms with Crippen LogP contribution < -0.4 is 15.4 Å². The molecule has 0 saturated carbocycles. The summed E-state index contributed by atoms with van der Waals surface area (Å²) in [6, 6.07) is 16.5. The molecule has 2 saturated heterocycles. The van der Waals surface area contributed by atoms with Crippen molar-refractivity contribution in [3.63, 3.8) is 0 Å². The fourth-order valence-corrected chi connectivity index (χ4v) is 3.91. The molecule has 2 aliphatic heterocycles. The molecule has 2 heterocycles. The summed E-state index contributed by atoms with van der Waals surface area (Å²) in [7, 11) is 1.65. The van der Waals surface area contributed by atoms with E-state index in [0.29, 0.717) is 12.1 Å². The van der Waals surface area contributed by atoms with Gasteiger partial charge in [-0.2, -0.15) is 0 Å². The Morgan fingerprint density at radius 2 is 1.81 bits per heavy atom. The van der Waals surface area contributed by atoms with Crippen LogP contribution in [0.4, 0.5) is 11.4 Å². The standard InChI is InChI=1S/C21H25N3O2.ClH/c1-26-18-10-8-15(9-11-18)23-20-5-3-2-4-19(20)21(25)24-13-12-16-6-7-17(14-24)22-16;/h2-5,8-11,16-17,22-23H,6-7,12-14H2,1H3;1H. The molecule has 2 fully saturated rings. The Hall–Kier alpha value is -2.24. The molecule has 0 aliphatic carbocycles. The van der Waals surface area contributed by atoms with E-state index in [9.17, 15) is 4.79 Å². The normalized spacial score (nSPS) is 21.1. The van der Waals surface area contributed by atoms with Gasteiger partial charge in [0, 0.05) is 30.9 Å². The topological polar surface area (TPSA) is 53.6 Å². The van der Waals surface area contributed by atoms with Crippen LogP contribution in [0.2, 0.25) is 0 Å². The summed E-state index contributed by atoms with van der Waals surface area (Å²) < 4.78 is 5.20. The van der Waals surface area contributed by atoms with E-state index in [4.69, 9.17) is 4.74 Å². The largest absolute Gasteiger partial charge is 0.497 e. The van der Waals surface area contributed by atoms with Gasteiger partial charge in [-0.3, -0.25) is 4.79 Å². The average molecular weight is 388 g/mol. The van der Waals surface area contributed by atoms with Crippen molar-refractivity contribution >= 4 is 29.7 Å². The number of rotatable bonds is 4. The van der Waals surface area contributed by atoms with Gasteiger partial charge in [0.05, 0.1) is 18.4 Å². The lowest BCUT2D eigenvalue weighted by Crippen LogP contribution is -2.39. The third-order valence-electron chi connectivity index (χ3n) is 5.34. The number of hydrogen-bond acceptors (Lipinski definition) is 4. The number of likely N-dealkylation sites (tertiary alicyclic amines) is 1. The van der Waals surface area contributed by atoms with Crippen LogP contribution in [0.3, 0.4) is 0 Å². The molecule has 0 radical (unpaired) electrons. The number of carbonyl (C=O) groups excluding carboxylic acids is 1. The van der Waals surface area contributed by atoms with Crippen LogP contribution in [0, 0.1) is 0 Å². The van der Waals surface area contributed by atoms with E-state index in [1.807, 2.05) is 53.4 Å². The number of amides is 1. The molecule has 2 bridgehead atoms. The van der Waals surface area contributed by atoms with Crippen molar-refractivity contribution in [3.8, 4) is 5.75 Å². The van der Waals surface area contributed by atoms with Gasteiger partial charge in [-0.1, -0.05) is 12.1 Å². The number of para-hydroxylation sites is 1. The van der Waals surface area contributed by atoms with Crippen molar-refractivity contribution in [2.24, 2.45) is 0 Å². The number of halogens is 1. The van der Waals surface area contributed by atoms with Gasteiger partial charge >= 0.3 is 0 Å². The minimum Gasteiger partial charge on any atom is -0.497 e. The Morgan fingerprint density at radius 3 is 2.59 bits per heavy atom. The highest BCUT2D eigenvalue weighted by atomic mass is 35.5. The Bertz CT molecular complexity index is 781. The van der Waals surface area contributed by atoms with Gasteiger partial charge < -0.3 is 20.3 Å². The number of carbonyl (C=O) groups is 1. The predicted octanol–water partition coefficient (Wildman–Crippen LogP) is 3.83. The van der Waals surface area contributed by atoms with E-state index in [1.54, 1.807) is 7.11 Å². The minimum atomic E-state index is 0. The summed E-state index contributed by atoms with van der Waals surface area (Å²) in [5, 5.41) is 7.01. The third kappa shape index (κ3) is 4.37. The van der Waals surface area contributed by atoms with Crippen LogP contribution in [-0.4, -0.2) is 43.1 Å². The summed E-state index contributed by atoms with van der Waals surface area (Å²) in [4.78, 5) is 15.2. The second-order valence-corrected chi connectivity index (χ2v) is 7.08. The first-order valence-electron chi connectivity index (χ1n) is 9.28. The lowest BCUT2D eigenvalue weighted by atomic mass is 10.1. The number of anilines is 2. The van der Waals surface area contributed by atoms with Crippen molar-refractivity contribution in [3.05, 3.63) is 54.1 Å². The number of fused-ring (bicyclic) bond motifs is 2. The summed E-state index contributed by atoms with van der Waals surface area (Å²) in [6.07, 6.45) is 3.44. The zero-order chi connectivity index (χ0) is 17.9. The van der Waals surface area contributed by atoms with Crippen molar-refractivity contribution in [2.75, 3.05) is 25.5 Å². The van der Waals surface area contributed by atoms with E-state index in [0.717, 1.165) is 42.2 Å². The minimum absolute atomic E-state index is 0. The van der Waals surface area contributed by atoms with Crippen molar-refractivity contribution < 1.29 is 9.53 Å². The molecule has 2 atom stereocenters. The zero-order valence-electron chi connectivity index (χ0n) is 15.5. The van der Waals surface area contributed by atoms with Gasteiger partial charge in [-0.05, 0) is 55.7 Å². The molecule has 0 spiro atoms. The maximum atomic E-state index is 13.2. The molecule has 6 heteroatoms. The number of benzene rings is 2. The highest BCUT2D eigenvalue weighted by Crippen LogP contribution is 2.26. The van der Waals surface area contributed by atoms with Crippen LogP contribution in [-0.2, 0) is 0 Å². The van der Waals surface area contributed by atoms with Crippen LogP contribution in [0.25, 0.3) is 0 Å². The number of hydrogen-bond donors (Lipinski definition) is 2. The van der Waals surface area contributed by atoms with Crippen molar-refractivity contribution in [1.29, 1.82) is 0 Å². The van der Waals surface area contributed by atoms with Crippen molar-refractivity contribution in [2.45, 2.75) is 31.3 Å². The first-order chi connectivity index (χ1) is 12.7. The highest BCUT2D eigenvalue weighted by molar-refractivity contribution is 6.00. The Balaban J connectivity index is 0.00000210. The van der Waals surface area contributed by atoms with Gasteiger partial charge in [0.2, 0.25) is 0 Å². The number of ether oxygens (including phenoxy) is 1. The predicted molar refractivity (Wildman–Crippen MR) is 110 cm³/mol. The average Bonchev–Trinajstić information content (AvgIpc) is 3.01. The molecule has 2 unspecified atom stereocenters. The van der Waals surface area contributed by atoms with Crippen LogP contribution in [0.1, 0.15) is 29.6 Å². The Kier molecular flexibility index (Phi) is 6.24. The molecule has 27 heavy (non-hydrogen) atoms. The van der Waals surface area contributed by atoms with Gasteiger partial charge in [0.15, 0.2) is 0 Å². The molecule has 0 aromatic heterocycles. The molecule has 2 N–H and O–H groups in total. The monoisotopic (exact) mass is 387 g/mol. The first kappa shape index (κ1) is 19.5. The molecule has 2 aromatic rings. The van der Waals surface area contributed by atoms with Gasteiger partial charge in [0.25, 0.3) is 5.91 Å². The fraction of sp³-hybridized carbons (Fsp3) is 0.381. The lowest BCUT2D eigenvalue weighted by Gasteiger charge is -2.25. The van der Waals surface area contributed by atoms with Crippen molar-refractivity contribution in [1.82, 2.24) is 10.2 Å². The molecular weight excluding hydrogens is 362 g/mol. The second kappa shape index (κ2) is 8.63. The lowest BCUT2D eigenvalue weighted by molar-refractivity contribution is 0.0749. The number of nitrogens with one attached hydrogen (secondary N) is 2. The van der Waals surface area contributed by atoms with E-state index < -0.39 is 0 Å². The first-order valence-corrected chi connectivity index (χ1v) is 9.28. The second-order valence-electron chi connectivity index (χ2n) is 7.08. The van der Waals surface area contributed by atoms with E-state index in [2.05, 4.69) is 10.6 Å². The van der Waals surface area contributed by atoms with Gasteiger partial charge in [-0.15, -0.1) is 12.4 Å². The van der Waals surface area contributed by atoms with E-state index >= 15 is 0 Å². The molecule has 2 aromatic carbocycles. The van der Waals surface area contributed by atoms with Crippen LogP contribution in [0.5, 0.6) is 5.75 Å².